The van der Waals surface area contributed by atoms with Crippen molar-refractivity contribution >= 4 is 0 Å². The Bertz CT molecular complexity index is 374. The Hall–Kier alpha value is -0.900. The standard InChI is InChI=1S/C18H30N2O/c1-2-3-9-18(21)14-19-17-10-12-20(13-11-17)15-16-7-5-4-6-8-16/h4-8,17-19,21H,2-3,9-15H2,1H3/p+2/t18-/m1/s1. The number of nitrogens with one attached hydrogen (secondary N) is 1. The summed E-state index contributed by atoms with van der Waals surface area (Å²) in [5.74, 6) is 0. The van der Waals surface area contributed by atoms with Gasteiger partial charge in [-0.05, 0) is 6.42 Å². The first-order chi connectivity index (χ1) is 10.3. The molecule has 2 rings (SSSR count). The molecule has 1 aliphatic heterocycles. The van der Waals surface area contributed by atoms with Gasteiger partial charge in [-0.3, -0.25) is 0 Å². The quantitative estimate of drug-likeness (QED) is 0.636. The second kappa shape index (κ2) is 9.19. The molecule has 0 radical (unpaired) electrons. The normalized spacial score (nSPS) is 23.9. The van der Waals surface area contributed by atoms with E-state index in [2.05, 4.69) is 42.6 Å². The molecule has 0 amide bonds. The summed E-state index contributed by atoms with van der Waals surface area (Å²) >= 11 is 0. The first kappa shape index (κ1) is 16.5. The molecule has 0 aromatic heterocycles. The van der Waals surface area contributed by atoms with Crippen LogP contribution in [0.4, 0.5) is 0 Å². The lowest BCUT2D eigenvalue weighted by atomic mass is 10.0. The molecule has 1 aromatic rings. The van der Waals surface area contributed by atoms with Crippen LogP contribution in [0.3, 0.4) is 0 Å². The van der Waals surface area contributed by atoms with Gasteiger partial charge in [-0.15, -0.1) is 0 Å². The molecule has 0 bridgehead atoms. The van der Waals surface area contributed by atoms with Gasteiger partial charge in [0, 0.05) is 18.4 Å². The van der Waals surface area contributed by atoms with Crippen LogP contribution in [0.2, 0.25) is 0 Å². The molecule has 1 fully saturated rings. The van der Waals surface area contributed by atoms with E-state index in [1.54, 1.807) is 4.90 Å². The Morgan fingerprint density at radius 3 is 2.62 bits per heavy atom. The van der Waals surface area contributed by atoms with Gasteiger partial charge >= 0.3 is 0 Å². The third-order valence-corrected chi connectivity index (χ3v) is 4.67. The molecule has 3 nitrogen and oxygen atoms in total. The van der Waals surface area contributed by atoms with E-state index in [9.17, 15) is 5.11 Å². The Labute approximate surface area is 129 Å². The Morgan fingerprint density at radius 1 is 1.24 bits per heavy atom. The highest BCUT2D eigenvalue weighted by Gasteiger charge is 2.24. The molecule has 118 valence electrons. The lowest BCUT2D eigenvalue weighted by Crippen LogP contribution is -3.13. The van der Waals surface area contributed by atoms with Gasteiger partial charge in [-0.1, -0.05) is 50.1 Å². The molecule has 0 aliphatic carbocycles. The van der Waals surface area contributed by atoms with Gasteiger partial charge in [0.25, 0.3) is 0 Å². The minimum atomic E-state index is -0.111. The highest BCUT2D eigenvalue weighted by atomic mass is 16.3. The van der Waals surface area contributed by atoms with Crippen molar-refractivity contribution in [2.24, 2.45) is 0 Å². The van der Waals surface area contributed by atoms with E-state index >= 15 is 0 Å². The molecule has 21 heavy (non-hydrogen) atoms. The highest BCUT2D eigenvalue weighted by molar-refractivity contribution is 5.13. The maximum Gasteiger partial charge on any atom is 0.103 e. The van der Waals surface area contributed by atoms with E-state index in [0.29, 0.717) is 0 Å². The number of aliphatic hydroxyl groups excluding tert-OH is 1. The molecular formula is C18H32N2O+2. The number of hydrogen-bond donors (Lipinski definition) is 3. The fourth-order valence-electron chi connectivity index (χ4n) is 3.25. The second-order valence-electron chi connectivity index (χ2n) is 6.52. The molecule has 1 atom stereocenters. The predicted molar refractivity (Wildman–Crippen MR) is 86.2 cm³/mol. The minimum Gasteiger partial charge on any atom is -0.387 e. The van der Waals surface area contributed by atoms with E-state index in [4.69, 9.17) is 0 Å². The fourth-order valence-corrected chi connectivity index (χ4v) is 3.25. The zero-order chi connectivity index (χ0) is 14.9. The van der Waals surface area contributed by atoms with Crippen LogP contribution in [0.15, 0.2) is 30.3 Å². The van der Waals surface area contributed by atoms with E-state index in [1.807, 2.05) is 0 Å². The largest absolute Gasteiger partial charge is 0.387 e. The van der Waals surface area contributed by atoms with Gasteiger partial charge in [-0.2, -0.15) is 0 Å². The summed E-state index contributed by atoms with van der Waals surface area (Å²) in [5.41, 5.74) is 1.45. The SMILES string of the molecule is CCCC[C@@H](O)C[NH2+]C1CC[NH+](Cc2ccccc2)CC1. The zero-order valence-electron chi connectivity index (χ0n) is 13.4. The molecule has 1 aromatic carbocycles. The summed E-state index contributed by atoms with van der Waals surface area (Å²) < 4.78 is 0. The number of quaternary nitrogens is 2. The molecule has 0 unspecified atom stereocenters. The van der Waals surface area contributed by atoms with E-state index in [-0.39, 0.29) is 6.10 Å². The first-order valence-electron chi connectivity index (χ1n) is 8.66. The van der Waals surface area contributed by atoms with Crippen molar-refractivity contribution in [1.29, 1.82) is 0 Å². The van der Waals surface area contributed by atoms with Crippen LogP contribution < -0.4 is 10.2 Å². The van der Waals surface area contributed by atoms with E-state index < -0.39 is 0 Å². The molecule has 3 heteroatoms. The molecule has 4 N–H and O–H groups in total. The van der Waals surface area contributed by atoms with E-state index in [1.165, 1.54) is 37.9 Å². The molecule has 0 saturated carbocycles. The summed E-state index contributed by atoms with van der Waals surface area (Å²) in [6, 6.07) is 11.5. The van der Waals surface area contributed by atoms with Gasteiger partial charge in [0.1, 0.15) is 19.2 Å². The van der Waals surface area contributed by atoms with Crippen LogP contribution in [-0.2, 0) is 6.54 Å². The van der Waals surface area contributed by atoms with Crippen molar-refractivity contribution in [3.05, 3.63) is 35.9 Å². The summed E-state index contributed by atoms with van der Waals surface area (Å²) in [7, 11) is 0. The van der Waals surface area contributed by atoms with Gasteiger partial charge in [-0.25, -0.2) is 0 Å². The number of unbranched alkanes of at least 4 members (excludes halogenated alkanes) is 1. The predicted octanol–water partition coefficient (Wildman–Crippen LogP) is 0.348. The molecule has 1 saturated heterocycles. The monoisotopic (exact) mass is 292 g/mol. The molecule has 0 spiro atoms. The van der Waals surface area contributed by atoms with Crippen molar-refractivity contribution in [2.75, 3.05) is 19.6 Å². The van der Waals surface area contributed by atoms with Gasteiger partial charge in [0.05, 0.1) is 19.1 Å². The molecule has 1 aliphatic rings. The fraction of sp³-hybridized carbons (Fsp3) is 0.667. The average molecular weight is 292 g/mol. The van der Waals surface area contributed by atoms with Gasteiger partial charge in [0.15, 0.2) is 0 Å². The van der Waals surface area contributed by atoms with Crippen LogP contribution in [0.1, 0.15) is 44.6 Å². The molecule has 1 heterocycles. The van der Waals surface area contributed by atoms with E-state index in [0.717, 1.165) is 32.0 Å². The third-order valence-electron chi connectivity index (χ3n) is 4.67. The third kappa shape index (κ3) is 6.16. The van der Waals surface area contributed by atoms with Gasteiger partial charge in [0.2, 0.25) is 0 Å². The Balaban J connectivity index is 1.62. The van der Waals surface area contributed by atoms with Crippen molar-refractivity contribution in [3.63, 3.8) is 0 Å². The smallest absolute Gasteiger partial charge is 0.103 e. The maximum atomic E-state index is 9.92. The summed E-state index contributed by atoms with van der Waals surface area (Å²) in [4.78, 5) is 1.71. The topological polar surface area (TPSA) is 41.3 Å². The number of nitrogens with two attached hydrogens (primary N) is 1. The number of hydrogen-bond acceptors (Lipinski definition) is 1. The van der Waals surface area contributed by atoms with Gasteiger partial charge < -0.3 is 15.3 Å². The Kier molecular flexibility index (Phi) is 7.20. The molecular weight excluding hydrogens is 260 g/mol. The number of aliphatic hydroxyl groups is 1. The summed E-state index contributed by atoms with van der Waals surface area (Å²) in [5, 5.41) is 12.3. The first-order valence-corrected chi connectivity index (χ1v) is 8.66. The second-order valence-corrected chi connectivity index (χ2v) is 6.52. The number of piperidine rings is 1. The maximum absolute atomic E-state index is 9.92. The van der Waals surface area contributed by atoms with Crippen LogP contribution >= 0.6 is 0 Å². The van der Waals surface area contributed by atoms with Crippen molar-refractivity contribution in [3.8, 4) is 0 Å². The highest BCUT2D eigenvalue weighted by Crippen LogP contribution is 2.00. The zero-order valence-corrected chi connectivity index (χ0v) is 13.4. The lowest BCUT2D eigenvalue weighted by Gasteiger charge is -2.28. The van der Waals surface area contributed by atoms with Crippen molar-refractivity contribution in [2.45, 2.75) is 57.7 Å². The van der Waals surface area contributed by atoms with Crippen LogP contribution in [-0.4, -0.2) is 36.9 Å². The lowest BCUT2D eigenvalue weighted by molar-refractivity contribution is -0.926. The number of rotatable bonds is 8. The summed E-state index contributed by atoms with van der Waals surface area (Å²) in [6.07, 6.45) is 5.74. The van der Waals surface area contributed by atoms with Crippen molar-refractivity contribution < 1.29 is 15.3 Å². The number of likely N-dealkylation sites (tertiary alicyclic amines) is 1. The average Bonchev–Trinajstić information content (AvgIpc) is 2.53. The summed E-state index contributed by atoms with van der Waals surface area (Å²) in [6.45, 7) is 6.76. The Morgan fingerprint density at radius 2 is 1.95 bits per heavy atom. The van der Waals surface area contributed by atoms with Crippen LogP contribution in [0.5, 0.6) is 0 Å². The number of benzene rings is 1. The van der Waals surface area contributed by atoms with Crippen LogP contribution in [0, 0.1) is 0 Å². The van der Waals surface area contributed by atoms with Crippen LogP contribution in [0.25, 0.3) is 0 Å². The minimum absolute atomic E-state index is 0.111. The van der Waals surface area contributed by atoms with Crippen molar-refractivity contribution in [1.82, 2.24) is 0 Å².